The fraction of sp³-hybridized carbons (Fsp3) is 0.583. The number of unbranched alkanes of at least 4 members (excludes halogenated alkanes) is 3. The Labute approximate surface area is 118 Å². The van der Waals surface area contributed by atoms with Crippen molar-refractivity contribution in [3.8, 4) is 0 Å². The monoisotopic (exact) mass is 304 g/mol. The zero-order valence-electron chi connectivity index (χ0n) is 11.2. The van der Waals surface area contributed by atoms with Crippen LogP contribution in [0.1, 0.15) is 48.5 Å². The SMILES string of the molecule is CCCCCCNC(=O)c1csc(S(N)(=O)=O)c1C. The molecule has 0 saturated carbocycles. The first-order chi connectivity index (χ1) is 8.88. The van der Waals surface area contributed by atoms with Crippen LogP contribution in [0.25, 0.3) is 0 Å². The van der Waals surface area contributed by atoms with Crippen molar-refractivity contribution in [1.82, 2.24) is 5.32 Å². The van der Waals surface area contributed by atoms with Crippen LogP contribution in [-0.4, -0.2) is 20.9 Å². The molecule has 19 heavy (non-hydrogen) atoms. The summed E-state index contributed by atoms with van der Waals surface area (Å²) in [5.41, 5.74) is 0.822. The molecule has 0 aromatic carbocycles. The lowest BCUT2D eigenvalue weighted by Crippen LogP contribution is -2.24. The van der Waals surface area contributed by atoms with Gasteiger partial charge in [0.1, 0.15) is 4.21 Å². The van der Waals surface area contributed by atoms with E-state index in [1.807, 2.05) is 0 Å². The molecule has 0 unspecified atom stereocenters. The summed E-state index contributed by atoms with van der Waals surface area (Å²) in [6.07, 6.45) is 4.32. The number of rotatable bonds is 7. The van der Waals surface area contributed by atoms with Gasteiger partial charge in [-0.3, -0.25) is 4.79 Å². The maximum atomic E-state index is 11.9. The summed E-state index contributed by atoms with van der Waals surface area (Å²) < 4.78 is 22.6. The van der Waals surface area contributed by atoms with Crippen LogP contribution in [0.2, 0.25) is 0 Å². The molecule has 7 heteroatoms. The maximum absolute atomic E-state index is 11.9. The minimum atomic E-state index is -3.74. The predicted octanol–water partition coefficient (Wildman–Crippen LogP) is 2.01. The zero-order chi connectivity index (χ0) is 14.5. The van der Waals surface area contributed by atoms with Gasteiger partial charge >= 0.3 is 0 Å². The van der Waals surface area contributed by atoms with Gasteiger partial charge in [-0.05, 0) is 18.9 Å². The summed E-state index contributed by atoms with van der Waals surface area (Å²) in [5, 5.41) is 9.41. The molecule has 0 radical (unpaired) electrons. The summed E-state index contributed by atoms with van der Waals surface area (Å²) in [6.45, 7) is 4.34. The minimum absolute atomic E-state index is 0.0589. The molecule has 0 spiro atoms. The van der Waals surface area contributed by atoms with Gasteiger partial charge in [-0.15, -0.1) is 11.3 Å². The van der Waals surface area contributed by atoms with Gasteiger partial charge in [0.15, 0.2) is 0 Å². The van der Waals surface area contributed by atoms with E-state index in [9.17, 15) is 13.2 Å². The number of hydrogen-bond donors (Lipinski definition) is 2. The number of amides is 1. The van der Waals surface area contributed by atoms with Crippen LogP contribution < -0.4 is 10.5 Å². The molecule has 1 rings (SSSR count). The third-order valence-electron chi connectivity index (χ3n) is 2.81. The average molecular weight is 304 g/mol. The van der Waals surface area contributed by atoms with E-state index in [1.165, 1.54) is 5.38 Å². The lowest BCUT2D eigenvalue weighted by Gasteiger charge is -2.04. The largest absolute Gasteiger partial charge is 0.352 e. The summed E-state index contributed by atoms with van der Waals surface area (Å²) in [5.74, 6) is -0.236. The maximum Gasteiger partial charge on any atom is 0.252 e. The first-order valence-electron chi connectivity index (χ1n) is 6.27. The summed E-state index contributed by atoms with van der Waals surface area (Å²) in [7, 11) is -3.74. The third-order valence-corrected chi connectivity index (χ3v) is 5.50. The normalized spacial score (nSPS) is 11.5. The fourth-order valence-electron chi connectivity index (χ4n) is 1.75. The van der Waals surface area contributed by atoms with Crippen molar-refractivity contribution in [2.45, 2.75) is 43.7 Å². The second-order valence-electron chi connectivity index (χ2n) is 4.42. The average Bonchev–Trinajstić information content (AvgIpc) is 2.70. The van der Waals surface area contributed by atoms with Gasteiger partial charge < -0.3 is 5.32 Å². The Balaban J connectivity index is 2.61. The molecule has 0 bridgehead atoms. The summed E-state index contributed by atoms with van der Waals surface area (Å²) in [4.78, 5) is 11.9. The molecule has 0 aliphatic heterocycles. The van der Waals surface area contributed by atoms with Crippen molar-refractivity contribution >= 4 is 27.3 Å². The van der Waals surface area contributed by atoms with Crippen molar-refractivity contribution in [2.75, 3.05) is 6.54 Å². The number of nitrogens with one attached hydrogen (secondary N) is 1. The van der Waals surface area contributed by atoms with Crippen LogP contribution in [0, 0.1) is 6.92 Å². The smallest absolute Gasteiger partial charge is 0.252 e. The van der Waals surface area contributed by atoms with Crippen LogP contribution in [-0.2, 0) is 10.0 Å². The van der Waals surface area contributed by atoms with Crippen LogP contribution in [0.3, 0.4) is 0 Å². The lowest BCUT2D eigenvalue weighted by molar-refractivity contribution is 0.0952. The highest BCUT2D eigenvalue weighted by Gasteiger charge is 2.20. The molecule has 1 aromatic rings. The summed E-state index contributed by atoms with van der Waals surface area (Å²) >= 11 is 0.985. The van der Waals surface area contributed by atoms with Crippen molar-refractivity contribution in [1.29, 1.82) is 0 Å². The molecular formula is C12H20N2O3S2. The molecular weight excluding hydrogens is 284 g/mol. The zero-order valence-corrected chi connectivity index (χ0v) is 12.9. The van der Waals surface area contributed by atoms with Crippen molar-refractivity contribution < 1.29 is 13.2 Å². The quantitative estimate of drug-likeness (QED) is 0.755. The van der Waals surface area contributed by atoms with E-state index in [0.717, 1.165) is 37.0 Å². The van der Waals surface area contributed by atoms with Crippen molar-refractivity contribution in [2.24, 2.45) is 5.14 Å². The predicted molar refractivity (Wildman–Crippen MR) is 76.9 cm³/mol. The first-order valence-corrected chi connectivity index (χ1v) is 8.69. The second-order valence-corrected chi connectivity index (χ2v) is 7.06. The Hall–Kier alpha value is -0.920. The van der Waals surface area contributed by atoms with Gasteiger partial charge in [-0.2, -0.15) is 0 Å². The highest BCUT2D eigenvalue weighted by Crippen LogP contribution is 2.25. The van der Waals surface area contributed by atoms with Gasteiger partial charge in [0.05, 0.1) is 5.56 Å². The molecule has 1 amide bonds. The molecule has 0 aliphatic carbocycles. The topological polar surface area (TPSA) is 89.3 Å². The highest BCUT2D eigenvalue weighted by atomic mass is 32.2. The summed E-state index contributed by atoms with van der Waals surface area (Å²) in [6, 6.07) is 0. The number of carbonyl (C=O) groups excluding carboxylic acids is 1. The Morgan fingerprint density at radius 1 is 1.37 bits per heavy atom. The standard InChI is InChI=1S/C12H20N2O3S2/c1-3-4-5-6-7-14-11(15)10-8-18-12(9(10)2)19(13,16)17/h8H,3-7H2,1-2H3,(H,14,15)(H2,13,16,17). The molecule has 0 atom stereocenters. The van der Waals surface area contributed by atoms with E-state index >= 15 is 0 Å². The molecule has 5 nitrogen and oxygen atoms in total. The second kappa shape index (κ2) is 7.02. The van der Waals surface area contributed by atoms with Crippen LogP contribution in [0.5, 0.6) is 0 Å². The van der Waals surface area contributed by atoms with E-state index in [4.69, 9.17) is 5.14 Å². The number of nitrogens with two attached hydrogens (primary N) is 1. The molecule has 108 valence electrons. The molecule has 3 N–H and O–H groups in total. The molecule has 0 aliphatic rings. The Morgan fingerprint density at radius 2 is 2.05 bits per heavy atom. The van der Waals surface area contributed by atoms with Crippen LogP contribution >= 0.6 is 11.3 Å². The number of carbonyl (C=O) groups is 1. The number of thiophene rings is 1. The number of hydrogen-bond acceptors (Lipinski definition) is 4. The molecule has 1 aromatic heterocycles. The lowest BCUT2D eigenvalue weighted by atomic mass is 10.2. The Bertz CT molecular complexity index is 535. The van der Waals surface area contributed by atoms with E-state index in [-0.39, 0.29) is 10.1 Å². The van der Waals surface area contributed by atoms with Crippen LogP contribution in [0.15, 0.2) is 9.59 Å². The van der Waals surface area contributed by atoms with Gasteiger partial charge in [0.25, 0.3) is 5.91 Å². The Kier molecular flexibility index (Phi) is 5.96. The van der Waals surface area contributed by atoms with Crippen molar-refractivity contribution in [3.05, 3.63) is 16.5 Å². The number of primary sulfonamides is 1. The van der Waals surface area contributed by atoms with Gasteiger partial charge in [0.2, 0.25) is 10.0 Å². The minimum Gasteiger partial charge on any atom is -0.352 e. The highest BCUT2D eigenvalue weighted by molar-refractivity contribution is 7.91. The van der Waals surface area contributed by atoms with Gasteiger partial charge in [-0.25, -0.2) is 13.6 Å². The Morgan fingerprint density at radius 3 is 2.58 bits per heavy atom. The number of sulfonamides is 1. The molecule has 0 saturated heterocycles. The van der Waals surface area contributed by atoms with E-state index < -0.39 is 10.0 Å². The third kappa shape index (κ3) is 4.59. The van der Waals surface area contributed by atoms with E-state index in [1.54, 1.807) is 6.92 Å². The van der Waals surface area contributed by atoms with Gasteiger partial charge in [0, 0.05) is 11.9 Å². The van der Waals surface area contributed by atoms with E-state index in [0.29, 0.717) is 17.7 Å². The molecule has 0 fully saturated rings. The molecule has 1 heterocycles. The van der Waals surface area contributed by atoms with Gasteiger partial charge in [-0.1, -0.05) is 26.2 Å². The van der Waals surface area contributed by atoms with Crippen molar-refractivity contribution in [3.63, 3.8) is 0 Å². The van der Waals surface area contributed by atoms with Crippen LogP contribution in [0.4, 0.5) is 0 Å². The van der Waals surface area contributed by atoms with E-state index in [2.05, 4.69) is 12.2 Å². The fourth-order valence-corrected chi connectivity index (χ4v) is 3.77. The first kappa shape index (κ1) is 16.1.